The molecule has 3 aromatic rings. The largest absolute Gasteiger partial charge is 0.322 e. The highest BCUT2D eigenvalue weighted by Gasteiger charge is 2.26. The van der Waals surface area contributed by atoms with Crippen LogP contribution in [0.25, 0.3) is 10.9 Å². The molecule has 6 nitrogen and oxygen atoms in total. The van der Waals surface area contributed by atoms with Gasteiger partial charge in [0.2, 0.25) is 5.91 Å². The molecule has 0 unspecified atom stereocenters. The molecule has 2 amide bonds. The van der Waals surface area contributed by atoms with Crippen LogP contribution in [0.1, 0.15) is 23.2 Å². The lowest BCUT2D eigenvalue weighted by Gasteiger charge is -2.19. The van der Waals surface area contributed by atoms with E-state index in [0.717, 1.165) is 17.3 Å². The Balaban J connectivity index is 1.66. The summed E-state index contributed by atoms with van der Waals surface area (Å²) >= 11 is 6.08. The van der Waals surface area contributed by atoms with Crippen LogP contribution in [0.15, 0.2) is 42.6 Å². The summed E-state index contributed by atoms with van der Waals surface area (Å²) in [7, 11) is 0. The number of carbonyl (C=O) groups excluding carboxylic acids is 2. The molecule has 0 saturated carbocycles. The van der Waals surface area contributed by atoms with E-state index in [1.54, 1.807) is 35.4 Å². The third-order valence-corrected chi connectivity index (χ3v) is 4.50. The molecule has 0 spiro atoms. The van der Waals surface area contributed by atoms with Gasteiger partial charge in [-0.1, -0.05) is 11.6 Å². The third-order valence-electron chi connectivity index (χ3n) is 4.27. The average molecular weight is 355 g/mol. The van der Waals surface area contributed by atoms with Crippen molar-refractivity contribution < 1.29 is 9.59 Å². The number of hydrogen-bond acceptors (Lipinski definition) is 3. The smallest absolute Gasteiger partial charge is 0.257 e. The number of carbonyl (C=O) groups is 2. The van der Waals surface area contributed by atoms with Gasteiger partial charge in [-0.15, -0.1) is 0 Å². The van der Waals surface area contributed by atoms with Crippen LogP contribution in [0.5, 0.6) is 0 Å². The summed E-state index contributed by atoms with van der Waals surface area (Å²) in [6, 6.07) is 10.5. The van der Waals surface area contributed by atoms with Gasteiger partial charge in [0.15, 0.2) is 0 Å². The second kappa shape index (κ2) is 6.22. The van der Waals surface area contributed by atoms with Crippen molar-refractivity contribution in [1.82, 2.24) is 10.2 Å². The molecule has 1 aliphatic rings. The van der Waals surface area contributed by atoms with Gasteiger partial charge in [0.1, 0.15) is 0 Å². The Morgan fingerprint density at radius 3 is 2.92 bits per heavy atom. The predicted molar refractivity (Wildman–Crippen MR) is 97.1 cm³/mol. The molecule has 7 heteroatoms. The number of rotatable bonds is 3. The first-order valence-corrected chi connectivity index (χ1v) is 8.34. The molecule has 2 heterocycles. The SMILES string of the molecule is O=C(Nc1ccc2[nH]ncc2c1)c1ccc(Cl)cc1N1CCCC1=O. The molecule has 2 N–H and O–H groups in total. The highest BCUT2D eigenvalue weighted by molar-refractivity contribution is 6.31. The molecule has 1 saturated heterocycles. The van der Waals surface area contributed by atoms with Crippen molar-refractivity contribution in [2.75, 3.05) is 16.8 Å². The molecule has 4 rings (SSSR count). The quantitative estimate of drug-likeness (QED) is 0.754. The van der Waals surface area contributed by atoms with Gasteiger partial charge in [0, 0.05) is 29.1 Å². The van der Waals surface area contributed by atoms with E-state index in [-0.39, 0.29) is 11.8 Å². The summed E-state index contributed by atoms with van der Waals surface area (Å²) < 4.78 is 0. The lowest BCUT2D eigenvalue weighted by Crippen LogP contribution is -2.27. The molecule has 0 atom stereocenters. The summed E-state index contributed by atoms with van der Waals surface area (Å²) in [5.74, 6) is -0.273. The Morgan fingerprint density at radius 1 is 1.24 bits per heavy atom. The number of nitrogens with zero attached hydrogens (tertiary/aromatic N) is 2. The standard InChI is InChI=1S/C18H15ClN4O2/c19-12-3-5-14(16(9-12)23-7-1-2-17(23)24)18(25)21-13-4-6-15-11(8-13)10-20-22-15/h3-6,8-10H,1-2,7H2,(H,20,22)(H,21,25). The zero-order chi connectivity index (χ0) is 17.4. The minimum absolute atomic E-state index is 0.0103. The molecule has 126 valence electrons. The second-order valence-corrected chi connectivity index (χ2v) is 6.37. The van der Waals surface area contributed by atoms with Crippen molar-refractivity contribution in [1.29, 1.82) is 0 Å². The molecular formula is C18H15ClN4O2. The van der Waals surface area contributed by atoms with E-state index in [1.165, 1.54) is 0 Å². The van der Waals surface area contributed by atoms with Crippen molar-refractivity contribution in [3.8, 4) is 0 Å². The maximum atomic E-state index is 12.8. The molecule has 0 aliphatic carbocycles. The highest BCUT2D eigenvalue weighted by Crippen LogP contribution is 2.29. The van der Waals surface area contributed by atoms with Crippen LogP contribution < -0.4 is 10.2 Å². The van der Waals surface area contributed by atoms with Gasteiger partial charge in [-0.25, -0.2) is 0 Å². The maximum Gasteiger partial charge on any atom is 0.257 e. The zero-order valence-corrected chi connectivity index (χ0v) is 14.0. The predicted octanol–water partition coefficient (Wildman–Crippen LogP) is 3.60. The minimum atomic E-state index is -0.283. The third kappa shape index (κ3) is 2.96. The average Bonchev–Trinajstić information content (AvgIpc) is 3.22. The fraction of sp³-hybridized carbons (Fsp3) is 0.167. The summed E-state index contributed by atoms with van der Waals surface area (Å²) in [6.45, 7) is 0.598. The number of aromatic amines is 1. The highest BCUT2D eigenvalue weighted by atomic mass is 35.5. The van der Waals surface area contributed by atoms with Crippen LogP contribution in [0, 0.1) is 0 Å². The fourth-order valence-electron chi connectivity index (χ4n) is 3.04. The monoisotopic (exact) mass is 354 g/mol. The van der Waals surface area contributed by atoms with Crippen molar-refractivity contribution in [3.05, 3.63) is 53.2 Å². The molecule has 1 fully saturated rings. The van der Waals surface area contributed by atoms with E-state index in [2.05, 4.69) is 15.5 Å². The van der Waals surface area contributed by atoms with Crippen molar-refractivity contribution in [3.63, 3.8) is 0 Å². The number of nitrogens with one attached hydrogen (secondary N) is 2. The van der Waals surface area contributed by atoms with Crippen molar-refractivity contribution in [2.24, 2.45) is 0 Å². The van der Waals surface area contributed by atoms with Crippen molar-refractivity contribution >= 4 is 45.7 Å². The number of benzene rings is 2. The second-order valence-electron chi connectivity index (χ2n) is 5.94. The Hall–Kier alpha value is -2.86. The Morgan fingerprint density at radius 2 is 2.12 bits per heavy atom. The van der Waals surface area contributed by atoms with E-state index in [4.69, 9.17) is 11.6 Å². The van der Waals surface area contributed by atoms with Gasteiger partial charge in [0.25, 0.3) is 5.91 Å². The number of anilines is 2. The number of H-pyrrole nitrogens is 1. The molecule has 0 bridgehead atoms. The lowest BCUT2D eigenvalue weighted by atomic mass is 10.1. The molecule has 0 radical (unpaired) electrons. The number of fused-ring (bicyclic) bond motifs is 1. The first-order valence-electron chi connectivity index (χ1n) is 7.96. The summed E-state index contributed by atoms with van der Waals surface area (Å²) in [5, 5.41) is 11.1. The molecular weight excluding hydrogens is 340 g/mol. The van der Waals surface area contributed by atoms with Crippen LogP contribution in [-0.4, -0.2) is 28.6 Å². The normalized spacial score (nSPS) is 14.3. The minimum Gasteiger partial charge on any atom is -0.322 e. The summed E-state index contributed by atoms with van der Waals surface area (Å²) in [4.78, 5) is 26.5. The molecule has 1 aromatic heterocycles. The topological polar surface area (TPSA) is 78.1 Å². The van der Waals surface area contributed by atoms with E-state index >= 15 is 0 Å². The maximum absolute atomic E-state index is 12.8. The number of hydrogen-bond donors (Lipinski definition) is 2. The van der Waals surface area contributed by atoms with E-state index in [9.17, 15) is 9.59 Å². The van der Waals surface area contributed by atoms with E-state index in [1.807, 2.05) is 12.1 Å². The first kappa shape index (κ1) is 15.7. The van der Waals surface area contributed by atoms with Gasteiger partial charge in [-0.05, 0) is 42.8 Å². The molecule has 25 heavy (non-hydrogen) atoms. The van der Waals surface area contributed by atoms with Gasteiger partial charge in [0.05, 0.1) is 23.0 Å². The lowest BCUT2D eigenvalue weighted by molar-refractivity contribution is -0.117. The van der Waals surface area contributed by atoms with Crippen LogP contribution in [0.3, 0.4) is 0 Å². The van der Waals surface area contributed by atoms with E-state index in [0.29, 0.717) is 34.9 Å². The van der Waals surface area contributed by atoms with Crippen LogP contribution in [-0.2, 0) is 4.79 Å². The van der Waals surface area contributed by atoms with Gasteiger partial charge in [-0.3, -0.25) is 14.7 Å². The van der Waals surface area contributed by atoms with Crippen molar-refractivity contribution in [2.45, 2.75) is 12.8 Å². The van der Waals surface area contributed by atoms with E-state index < -0.39 is 0 Å². The van der Waals surface area contributed by atoms with Crippen LogP contribution in [0.4, 0.5) is 11.4 Å². The summed E-state index contributed by atoms with van der Waals surface area (Å²) in [6.07, 6.45) is 2.97. The van der Waals surface area contributed by atoms with Crippen LogP contribution in [0.2, 0.25) is 5.02 Å². The Labute approximate surface area is 148 Å². The zero-order valence-electron chi connectivity index (χ0n) is 13.3. The summed E-state index contributed by atoms with van der Waals surface area (Å²) in [5.41, 5.74) is 2.53. The first-order chi connectivity index (χ1) is 12.1. The number of aromatic nitrogens is 2. The number of amides is 2. The van der Waals surface area contributed by atoms with Gasteiger partial charge in [-0.2, -0.15) is 5.10 Å². The number of halogens is 1. The van der Waals surface area contributed by atoms with Crippen LogP contribution >= 0.6 is 11.6 Å². The van der Waals surface area contributed by atoms with Gasteiger partial charge < -0.3 is 10.2 Å². The fourth-order valence-corrected chi connectivity index (χ4v) is 3.21. The molecule has 2 aromatic carbocycles. The Bertz CT molecular complexity index is 982. The molecule has 1 aliphatic heterocycles. The van der Waals surface area contributed by atoms with Gasteiger partial charge >= 0.3 is 0 Å². The Kier molecular flexibility index (Phi) is 3.89.